The first kappa shape index (κ1) is 26.3. The van der Waals surface area contributed by atoms with Crippen LogP contribution in [0.25, 0.3) is 10.9 Å². The topological polar surface area (TPSA) is 152 Å². The van der Waals surface area contributed by atoms with Crippen LogP contribution in [0.4, 0.5) is 16.6 Å². The molecule has 3 heterocycles. The second-order valence-electron chi connectivity index (χ2n) is 11.9. The van der Waals surface area contributed by atoms with Crippen LogP contribution in [-0.4, -0.2) is 49.2 Å². The summed E-state index contributed by atoms with van der Waals surface area (Å²) in [6.07, 6.45) is 1.53. The fourth-order valence-corrected chi connectivity index (χ4v) is 6.13. The normalized spacial score (nSPS) is 22.5. The van der Waals surface area contributed by atoms with E-state index in [2.05, 4.69) is 21.4 Å². The van der Waals surface area contributed by atoms with Gasteiger partial charge < -0.3 is 20.7 Å². The first-order valence-corrected chi connectivity index (χ1v) is 13.8. The Bertz CT molecular complexity index is 1630. The Labute approximate surface area is 236 Å². The zero-order chi connectivity index (χ0) is 28.5. The molecule has 3 fully saturated rings. The maximum absolute atomic E-state index is 14.1. The number of piperidine rings is 1. The van der Waals surface area contributed by atoms with Crippen molar-refractivity contribution in [1.29, 1.82) is 5.26 Å². The van der Waals surface area contributed by atoms with Crippen LogP contribution >= 0.6 is 11.6 Å². The van der Waals surface area contributed by atoms with Crippen LogP contribution in [0.2, 0.25) is 5.02 Å². The number of likely N-dealkylation sites (tertiary alicyclic amines) is 1. The Morgan fingerprint density at radius 2 is 1.93 bits per heavy atom. The Morgan fingerprint density at radius 1 is 1.23 bits per heavy atom. The van der Waals surface area contributed by atoms with Crippen molar-refractivity contribution in [3.8, 4) is 6.07 Å². The summed E-state index contributed by atoms with van der Waals surface area (Å²) < 4.78 is 7.34. The molecule has 40 heavy (non-hydrogen) atoms. The third-order valence-corrected chi connectivity index (χ3v) is 8.20. The summed E-state index contributed by atoms with van der Waals surface area (Å²) >= 11 is 6.51. The molecule has 1 aliphatic heterocycles. The van der Waals surface area contributed by atoms with Gasteiger partial charge >= 0.3 is 6.09 Å². The average Bonchev–Trinajstić information content (AvgIpc) is 3.77. The van der Waals surface area contributed by atoms with Gasteiger partial charge in [0.1, 0.15) is 28.9 Å². The van der Waals surface area contributed by atoms with Gasteiger partial charge in [0.2, 0.25) is 5.95 Å². The third kappa shape index (κ3) is 4.60. The number of nitriles is 1. The van der Waals surface area contributed by atoms with Gasteiger partial charge in [0.05, 0.1) is 27.7 Å². The molecule has 2 saturated carbocycles. The molecule has 1 saturated heterocycles. The molecular formula is C28H31ClN8O3. The minimum atomic E-state index is -0.583. The number of rotatable bonds is 5. The minimum Gasteiger partial charge on any atom is -0.444 e. The molecule has 11 nitrogen and oxygen atoms in total. The summed E-state index contributed by atoms with van der Waals surface area (Å²) in [5, 5.41) is 13.9. The van der Waals surface area contributed by atoms with Crippen LogP contribution in [0.3, 0.4) is 0 Å². The number of fused-ring (bicyclic) bond motifs is 2. The Hall–Kier alpha value is -3.91. The molecule has 3 aliphatic rings. The molecule has 2 aromatic heterocycles. The van der Waals surface area contributed by atoms with Gasteiger partial charge in [-0.25, -0.2) is 14.8 Å². The Kier molecular flexibility index (Phi) is 6.14. The lowest BCUT2D eigenvalue weighted by atomic mass is 10.1. The highest BCUT2D eigenvalue weighted by Gasteiger charge is 2.60. The SMILES string of the molecule is Cc1nc(N)nc(N[C@H](c2nc3cccc(Cl)c3c(=O)n2C2[C@H]3CN(C(=O)OC(C)(C)C)C[C@@H]23)C2CC2)c1C#N. The predicted octanol–water partition coefficient (Wildman–Crippen LogP) is 4.20. The lowest BCUT2D eigenvalue weighted by Crippen LogP contribution is -2.38. The molecule has 0 spiro atoms. The number of carbonyl (C=O) groups excluding carboxylic acids is 1. The van der Waals surface area contributed by atoms with Crippen LogP contribution in [0, 0.1) is 36.0 Å². The molecule has 0 radical (unpaired) electrons. The molecule has 208 valence electrons. The van der Waals surface area contributed by atoms with Gasteiger partial charge in [0, 0.05) is 31.0 Å². The van der Waals surface area contributed by atoms with Crippen LogP contribution < -0.4 is 16.6 Å². The number of carbonyl (C=O) groups is 1. The van der Waals surface area contributed by atoms with Crippen molar-refractivity contribution in [1.82, 2.24) is 24.4 Å². The van der Waals surface area contributed by atoms with E-state index in [1.54, 1.807) is 34.6 Å². The number of halogens is 1. The number of nitrogens with zero attached hydrogens (tertiary/aromatic N) is 6. The third-order valence-electron chi connectivity index (χ3n) is 7.89. The van der Waals surface area contributed by atoms with Gasteiger partial charge in [0.15, 0.2) is 0 Å². The molecule has 0 bridgehead atoms. The lowest BCUT2D eigenvalue weighted by molar-refractivity contribution is 0.0266. The number of benzene rings is 1. The van der Waals surface area contributed by atoms with Crippen molar-refractivity contribution in [3.63, 3.8) is 0 Å². The minimum absolute atomic E-state index is 0.0585. The number of hydrogen-bond donors (Lipinski definition) is 2. The molecular weight excluding hydrogens is 532 g/mol. The van der Waals surface area contributed by atoms with Gasteiger partial charge in [-0.15, -0.1) is 0 Å². The van der Waals surface area contributed by atoms with E-state index < -0.39 is 5.60 Å². The highest BCUT2D eigenvalue weighted by molar-refractivity contribution is 6.35. The molecule has 3 N–H and O–H groups in total. The van der Waals surface area contributed by atoms with Gasteiger partial charge in [-0.3, -0.25) is 9.36 Å². The van der Waals surface area contributed by atoms with E-state index in [0.717, 1.165) is 12.8 Å². The maximum Gasteiger partial charge on any atom is 0.410 e. The molecule has 12 heteroatoms. The predicted molar refractivity (Wildman–Crippen MR) is 150 cm³/mol. The Balaban J connectivity index is 1.41. The van der Waals surface area contributed by atoms with Gasteiger partial charge in [-0.05, 0) is 58.6 Å². The Morgan fingerprint density at radius 3 is 2.55 bits per heavy atom. The van der Waals surface area contributed by atoms with Crippen molar-refractivity contribution in [2.24, 2.45) is 17.8 Å². The molecule has 1 amide bonds. The molecule has 4 atom stereocenters. The van der Waals surface area contributed by atoms with E-state index in [1.807, 2.05) is 20.8 Å². The highest BCUT2D eigenvalue weighted by Crippen LogP contribution is 2.56. The van der Waals surface area contributed by atoms with Gasteiger partial charge in [0.25, 0.3) is 5.56 Å². The summed E-state index contributed by atoms with van der Waals surface area (Å²) in [5.41, 5.74) is 6.42. The van der Waals surface area contributed by atoms with Crippen LogP contribution in [0.15, 0.2) is 23.0 Å². The summed E-state index contributed by atoms with van der Waals surface area (Å²) in [5.74, 6) is 1.33. The molecule has 3 aromatic rings. The fourth-order valence-electron chi connectivity index (χ4n) is 5.88. The standard InChI is InChI=1S/C28H31ClN8O3/c1-13-15(10-30)23(35-26(31)32-13)34-21(14-8-9-14)24-33-19-7-5-6-18(29)20(19)25(38)37(24)22-16-11-36(12-17(16)22)27(39)40-28(2,3)4/h5-7,14,16-17,21-22H,8-9,11-12H2,1-4H3,(H3,31,32,34,35)/t16-,17+,21-,22?/m0/s1. The van der Waals surface area contributed by atoms with E-state index in [-0.39, 0.29) is 47.4 Å². The number of anilines is 2. The van der Waals surface area contributed by atoms with Gasteiger partial charge in [-0.1, -0.05) is 17.7 Å². The first-order chi connectivity index (χ1) is 19.0. The van der Waals surface area contributed by atoms with Crippen molar-refractivity contribution in [3.05, 3.63) is 50.7 Å². The van der Waals surface area contributed by atoms with E-state index >= 15 is 0 Å². The number of nitrogens with one attached hydrogen (secondary N) is 1. The lowest BCUT2D eigenvalue weighted by Gasteiger charge is -2.27. The summed E-state index contributed by atoms with van der Waals surface area (Å²) in [4.78, 5) is 42.0. The van der Waals surface area contributed by atoms with Crippen LogP contribution in [-0.2, 0) is 4.74 Å². The van der Waals surface area contributed by atoms with E-state index in [9.17, 15) is 14.9 Å². The average molecular weight is 563 g/mol. The number of aryl methyl sites for hydroxylation is 1. The van der Waals surface area contributed by atoms with Crippen molar-refractivity contribution in [2.75, 3.05) is 24.1 Å². The van der Waals surface area contributed by atoms with E-state index in [4.69, 9.17) is 27.1 Å². The summed E-state index contributed by atoms with van der Waals surface area (Å²) in [6.45, 7) is 8.24. The summed E-state index contributed by atoms with van der Waals surface area (Å²) in [7, 11) is 0. The molecule has 2 aliphatic carbocycles. The highest BCUT2D eigenvalue weighted by atomic mass is 35.5. The van der Waals surface area contributed by atoms with Gasteiger partial charge in [-0.2, -0.15) is 10.2 Å². The number of aromatic nitrogens is 4. The second-order valence-corrected chi connectivity index (χ2v) is 12.4. The quantitative estimate of drug-likeness (QED) is 0.465. The smallest absolute Gasteiger partial charge is 0.410 e. The largest absolute Gasteiger partial charge is 0.444 e. The van der Waals surface area contributed by atoms with E-state index in [1.165, 1.54) is 0 Å². The number of nitrogen functional groups attached to an aromatic ring is 1. The van der Waals surface area contributed by atoms with Crippen molar-refractivity contribution in [2.45, 2.75) is 58.2 Å². The molecule has 1 aromatic carbocycles. The molecule has 1 unspecified atom stereocenters. The number of ether oxygens (including phenoxy) is 1. The second kappa shape index (κ2) is 9.34. The zero-order valence-corrected chi connectivity index (χ0v) is 23.6. The first-order valence-electron chi connectivity index (χ1n) is 13.5. The van der Waals surface area contributed by atoms with Crippen LogP contribution in [0.1, 0.15) is 62.8 Å². The number of amides is 1. The fraction of sp³-hybridized carbons (Fsp3) is 0.500. The number of hydrogen-bond acceptors (Lipinski definition) is 9. The molecule has 6 rings (SSSR count). The zero-order valence-electron chi connectivity index (χ0n) is 22.8. The van der Waals surface area contributed by atoms with Crippen molar-refractivity contribution < 1.29 is 9.53 Å². The monoisotopic (exact) mass is 562 g/mol. The number of nitrogens with two attached hydrogens (primary N) is 1. The van der Waals surface area contributed by atoms with Crippen molar-refractivity contribution >= 4 is 40.4 Å². The summed E-state index contributed by atoms with van der Waals surface area (Å²) in [6, 6.07) is 6.90. The van der Waals surface area contributed by atoms with Crippen LogP contribution in [0.5, 0.6) is 0 Å². The maximum atomic E-state index is 14.1. The van der Waals surface area contributed by atoms with E-state index in [0.29, 0.717) is 51.9 Å².